The molecule has 0 saturated heterocycles. The van der Waals surface area contributed by atoms with Crippen LogP contribution in [0.25, 0.3) is 16.6 Å². The molecule has 0 bridgehead atoms. The molecule has 2 aromatic heterocycles. The molecule has 4 aromatic rings. The van der Waals surface area contributed by atoms with Gasteiger partial charge in [0.25, 0.3) is 0 Å². The maximum Gasteiger partial charge on any atom is 0.166 e. The van der Waals surface area contributed by atoms with Gasteiger partial charge in [-0.1, -0.05) is 42.5 Å². The van der Waals surface area contributed by atoms with Gasteiger partial charge in [-0.3, -0.25) is 0 Å². The lowest BCUT2D eigenvalue weighted by atomic mass is 10.1. The second kappa shape index (κ2) is 4.98. The van der Waals surface area contributed by atoms with Crippen molar-refractivity contribution >= 4 is 16.6 Å². The summed E-state index contributed by atoms with van der Waals surface area (Å²) < 4.78 is 1.77. The molecular weight excluding hydrogens is 260 g/mol. The van der Waals surface area contributed by atoms with E-state index in [1.165, 1.54) is 5.56 Å². The van der Waals surface area contributed by atoms with Gasteiger partial charge < -0.3 is 0 Å². The molecule has 0 spiro atoms. The summed E-state index contributed by atoms with van der Waals surface area (Å²) >= 11 is 0. The van der Waals surface area contributed by atoms with E-state index in [0.717, 1.165) is 35.2 Å². The molecule has 0 aliphatic carbocycles. The first-order valence-electron chi connectivity index (χ1n) is 7.03. The summed E-state index contributed by atoms with van der Waals surface area (Å²) in [6, 6.07) is 18.4. The molecule has 0 N–H and O–H groups in total. The van der Waals surface area contributed by atoms with Crippen molar-refractivity contribution in [3.05, 3.63) is 72.3 Å². The lowest BCUT2D eigenvalue weighted by molar-refractivity contribution is 0.829. The Morgan fingerprint density at radius 3 is 2.57 bits per heavy atom. The largest absolute Gasteiger partial charge is 0.236 e. The molecule has 2 aromatic carbocycles. The smallest absolute Gasteiger partial charge is 0.166 e. The normalized spacial score (nSPS) is 11.2. The van der Waals surface area contributed by atoms with Crippen LogP contribution in [0.1, 0.15) is 11.4 Å². The van der Waals surface area contributed by atoms with Gasteiger partial charge in [-0.05, 0) is 24.1 Å². The molecule has 0 atom stereocenters. The van der Waals surface area contributed by atoms with Crippen LogP contribution in [-0.4, -0.2) is 19.6 Å². The van der Waals surface area contributed by atoms with Gasteiger partial charge in [0.1, 0.15) is 6.33 Å². The Morgan fingerprint density at radius 1 is 0.857 bits per heavy atom. The van der Waals surface area contributed by atoms with Crippen molar-refractivity contribution in [3.8, 4) is 0 Å². The van der Waals surface area contributed by atoms with Gasteiger partial charge in [0.2, 0.25) is 0 Å². The van der Waals surface area contributed by atoms with Crippen LogP contribution in [0.4, 0.5) is 0 Å². The van der Waals surface area contributed by atoms with Crippen molar-refractivity contribution in [2.24, 2.45) is 0 Å². The Bertz CT molecular complexity index is 896. The highest BCUT2D eigenvalue weighted by Crippen LogP contribution is 2.16. The predicted octanol–water partition coefficient (Wildman–Crippen LogP) is 3.06. The van der Waals surface area contributed by atoms with Crippen LogP contribution in [0.15, 0.2) is 60.9 Å². The van der Waals surface area contributed by atoms with E-state index in [1.54, 1.807) is 10.8 Å². The number of aryl methyl sites for hydroxylation is 2. The summed E-state index contributed by atoms with van der Waals surface area (Å²) in [5, 5.41) is 5.56. The van der Waals surface area contributed by atoms with E-state index in [9.17, 15) is 0 Å². The fourth-order valence-corrected chi connectivity index (χ4v) is 2.53. The lowest BCUT2D eigenvalue weighted by Gasteiger charge is -1.96. The van der Waals surface area contributed by atoms with Crippen molar-refractivity contribution in [1.29, 1.82) is 0 Å². The third kappa shape index (κ3) is 2.25. The van der Waals surface area contributed by atoms with E-state index in [0.29, 0.717) is 0 Å². The van der Waals surface area contributed by atoms with Crippen LogP contribution < -0.4 is 0 Å². The second-order valence-corrected chi connectivity index (χ2v) is 5.04. The number of rotatable bonds is 3. The van der Waals surface area contributed by atoms with Crippen LogP contribution in [-0.2, 0) is 12.8 Å². The van der Waals surface area contributed by atoms with Gasteiger partial charge in [-0.15, -0.1) is 5.10 Å². The average Bonchev–Trinajstić information content (AvgIpc) is 2.97. The molecule has 0 saturated carbocycles. The van der Waals surface area contributed by atoms with Crippen molar-refractivity contribution in [1.82, 2.24) is 19.6 Å². The minimum absolute atomic E-state index is 0.833. The molecule has 0 fully saturated rings. The molecule has 0 aliphatic rings. The van der Waals surface area contributed by atoms with Crippen molar-refractivity contribution in [3.63, 3.8) is 0 Å². The molecular formula is C17H14N4. The number of hydrogen-bond acceptors (Lipinski definition) is 3. The second-order valence-electron chi connectivity index (χ2n) is 5.04. The standard InChI is InChI=1S/C17H14N4/c1-2-6-13(7-3-1)10-11-16-19-17-14-8-4-5-9-15(14)18-12-21(17)20-16/h1-9,12H,10-11H2. The first kappa shape index (κ1) is 12.0. The third-order valence-electron chi connectivity index (χ3n) is 3.61. The molecule has 102 valence electrons. The zero-order valence-electron chi connectivity index (χ0n) is 11.5. The van der Waals surface area contributed by atoms with Crippen molar-refractivity contribution in [2.45, 2.75) is 12.8 Å². The first-order valence-corrected chi connectivity index (χ1v) is 7.03. The van der Waals surface area contributed by atoms with E-state index < -0.39 is 0 Å². The number of benzene rings is 2. The van der Waals surface area contributed by atoms with Gasteiger partial charge in [0.05, 0.1) is 5.52 Å². The van der Waals surface area contributed by atoms with Crippen LogP contribution in [0.2, 0.25) is 0 Å². The molecule has 0 unspecified atom stereocenters. The van der Waals surface area contributed by atoms with Crippen molar-refractivity contribution < 1.29 is 0 Å². The van der Waals surface area contributed by atoms with E-state index >= 15 is 0 Å². The lowest BCUT2D eigenvalue weighted by Crippen LogP contribution is -1.94. The molecule has 0 aliphatic heterocycles. The van der Waals surface area contributed by atoms with Gasteiger partial charge in [-0.25, -0.2) is 14.5 Å². The summed E-state index contributed by atoms with van der Waals surface area (Å²) in [4.78, 5) is 9.07. The van der Waals surface area contributed by atoms with E-state index in [2.05, 4.69) is 39.3 Å². The molecule has 21 heavy (non-hydrogen) atoms. The molecule has 4 heteroatoms. The van der Waals surface area contributed by atoms with E-state index in [1.807, 2.05) is 30.3 Å². The number of hydrogen-bond donors (Lipinski definition) is 0. The van der Waals surface area contributed by atoms with Gasteiger partial charge >= 0.3 is 0 Å². The topological polar surface area (TPSA) is 43.1 Å². The summed E-state index contributed by atoms with van der Waals surface area (Å²) in [6.45, 7) is 0. The van der Waals surface area contributed by atoms with Crippen LogP contribution in [0.5, 0.6) is 0 Å². The minimum Gasteiger partial charge on any atom is -0.236 e. The zero-order chi connectivity index (χ0) is 14.1. The Kier molecular flexibility index (Phi) is 2.85. The molecule has 4 rings (SSSR count). The van der Waals surface area contributed by atoms with Gasteiger partial charge in [0.15, 0.2) is 11.5 Å². The van der Waals surface area contributed by atoms with E-state index in [4.69, 9.17) is 0 Å². The number of para-hydroxylation sites is 1. The first-order chi connectivity index (χ1) is 10.4. The molecule has 4 nitrogen and oxygen atoms in total. The summed E-state index contributed by atoms with van der Waals surface area (Å²) in [6.07, 6.45) is 3.51. The highest BCUT2D eigenvalue weighted by molar-refractivity contribution is 5.90. The third-order valence-corrected chi connectivity index (χ3v) is 3.61. The Morgan fingerprint density at radius 2 is 1.67 bits per heavy atom. The van der Waals surface area contributed by atoms with E-state index in [-0.39, 0.29) is 0 Å². The summed E-state index contributed by atoms with van der Waals surface area (Å²) in [7, 11) is 0. The molecule has 0 amide bonds. The summed E-state index contributed by atoms with van der Waals surface area (Å²) in [5.74, 6) is 0.858. The van der Waals surface area contributed by atoms with Crippen LogP contribution in [0, 0.1) is 0 Å². The van der Waals surface area contributed by atoms with Gasteiger partial charge in [0, 0.05) is 11.8 Å². The van der Waals surface area contributed by atoms with Crippen LogP contribution in [0.3, 0.4) is 0 Å². The Balaban J connectivity index is 1.69. The molecule has 0 radical (unpaired) electrons. The number of nitrogens with zero attached hydrogens (tertiary/aromatic N) is 4. The maximum absolute atomic E-state index is 4.67. The predicted molar refractivity (Wildman–Crippen MR) is 82.1 cm³/mol. The SMILES string of the molecule is c1ccc(CCc2nc3c4ccccc4ncn3n2)cc1. The Labute approximate surface area is 122 Å². The monoisotopic (exact) mass is 274 g/mol. The summed E-state index contributed by atoms with van der Waals surface area (Å²) in [5.41, 5.74) is 3.13. The quantitative estimate of drug-likeness (QED) is 0.576. The number of aromatic nitrogens is 4. The Hall–Kier alpha value is -2.75. The van der Waals surface area contributed by atoms with Crippen molar-refractivity contribution in [2.75, 3.05) is 0 Å². The fourth-order valence-electron chi connectivity index (χ4n) is 2.53. The maximum atomic E-state index is 4.67. The highest BCUT2D eigenvalue weighted by atomic mass is 15.3. The minimum atomic E-state index is 0.833. The van der Waals surface area contributed by atoms with Gasteiger partial charge in [-0.2, -0.15) is 0 Å². The molecule has 2 heterocycles. The fraction of sp³-hybridized carbons (Fsp3) is 0.118. The number of fused-ring (bicyclic) bond motifs is 3. The highest BCUT2D eigenvalue weighted by Gasteiger charge is 2.07. The zero-order valence-corrected chi connectivity index (χ0v) is 11.5. The van der Waals surface area contributed by atoms with Crippen LogP contribution >= 0.6 is 0 Å². The average molecular weight is 274 g/mol.